The van der Waals surface area contributed by atoms with Crippen LogP contribution in [0.25, 0.3) is 0 Å². The van der Waals surface area contributed by atoms with Crippen LogP contribution in [0.1, 0.15) is 53.4 Å². The van der Waals surface area contributed by atoms with E-state index in [4.69, 9.17) is 9.31 Å². The van der Waals surface area contributed by atoms with Gasteiger partial charge in [0.2, 0.25) is 0 Å². The molecule has 1 aromatic rings. The molecule has 7 heteroatoms. The molecule has 0 aromatic heterocycles. The molecule has 1 heterocycles. The van der Waals surface area contributed by atoms with Gasteiger partial charge in [-0.05, 0) is 58.6 Å². The summed E-state index contributed by atoms with van der Waals surface area (Å²) in [5, 5.41) is 0.452. The summed E-state index contributed by atoms with van der Waals surface area (Å²) in [6, 6.07) is 2.34. The largest absolute Gasteiger partial charge is 0.498 e. The van der Waals surface area contributed by atoms with Crippen LogP contribution in [0.15, 0.2) is 12.1 Å². The van der Waals surface area contributed by atoms with Crippen LogP contribution in [-0.2, 0) is 9.31 Å². The lowest BCUT2D eigenvalue weighted by molar-refractivity contribution is 0.00578. The summed E-state index contributed by atoms with van der Waals surface area (Å²) in [6.07, 6.45) is 4.62. The SMILES string of the molecule is CC1(C)OB(c2cc(F)cc(NSC3CCCC3)c2F)OC1(C)C. The first kappa shape index (κ1) is 18.0. The third kappa shape index (κ3) is 3.44. The van der Waals surface area contributed by atoms with Crippen molar-refractivity contribution in [3.63, 3.8) is 0 Å². The Labute approximate surface area is 147 Å². The van der Waals surface area contributed by atoms with Gasteiger partial charge < -0.3 is 14.0 Å². The van der Waals surface area contributed by atoms with E-state index in [1.807, 2.05) is 27.7 Å². The van der Waals surface area contributed by atoms with Gasteiger partial charge in [0.05, 0.1) is 16.9 Å². The summed E-state index contributed by atoms with van der Waals surface area (Å²) in [5.74, 6) is -1.02. The molecule has 1 saturated heterocycles. The van der Waals surface area contributed by atoms with Crippen LogP contribution in [0.3, 0.4) is 0 Å². The topological polar surface area (TPSA) is 30.5 Å². The molecular formula is C17H24BF2NO2S. The van der Waals surface area contributed by atoms with E-state index in [2.05, 4.69) is 4.72 Å². The van der Waals surface area contributed by atoms with Crippen molar-refractivity contribution >= 4 is 30.2 Å². The molecule has 132 valence electrons. The van der Waals surface area contributed by atoms with Gasteiger partial charge in [0.15, 0.2) is 0 Å². The molecular weight excluding hydrogens is 331 g/mol. The van der Waals surface area contributed by atoms with Gasteiger partial charge in [-0.1, -0.05) is 12.8 Å². The van der Waals surface area contributed by atoms with Crippen molar-refractivity contribution in [3.05, 3.63) is 23.8 Å². The molecule has 1 aliphatic carbocycles. The van der Waals surface area contributed by atoms with Crippen molar-refractivity contribution in [2.24, 2.45) is 0 Å². The van der Waals surface area contributed by atoms with E-state index in [0.717, 1.165) is 18.9 Å². The fourth-order valence-electron chi connectivity index (χ4n) is 2.98. The van der Waals surface area contributed by atoms with E-state index in [1.165, 1.54) is 30.9 Å². The number of nitrogens with one attached hydrogen (secondary N) is 1. The molecule has 2 fully saturated rings. The molecule has 1 N–H and O–H groups in total. The first-order valence-corrected chi connectivity index (χ1v) is 9.34. The fourth-order valence-corrected chi connectivity index (χ4v) is 3.99. The van der Waals surface area contributed by atoms with Crippen molar-refractivity contribution in [2.45, 2.75) is 69.8 Å². The van der Waals surface area contributed by atoms with Gasteiger partial charge in [-0.25, -0.2) is 8.78 Å². The van der Waals surface area contributed by atoms with Crippen molar-refractivity contribution < 1.29 is 18.1 Å². The number of halogens is 2. The third-order valence-corrected chi connectivity index (χ3v) is 6.35. The molecule has 1 saturated carbocycles. The summed E-state index contributed by atoms with van der Waals surface area (Å²) in [6.45, 7) is 7.55. The summed E-state index contributed by atoms with van der Waals surface area (Å²) < 4.78 is 43.6. The highest BCUT2D eigenvalue weighted by Gasteiger charge is 2.52. The molecule has 2 aliphatic rings. The number of anilines is 1. The van der Waals surface area contributed by atoms with Crippen LogP contribution < -0.4 is 10.2 Å². The fraction of sp³-hybridized carbons (Fsp3) is 0.647. The Kier molecular flexibility index (Phi) is 4.88. The molecule has 1 aliphatic heterocycles. The van der Waals surface area contributed by atoms with Crippen molar-refractivity contribution in [1.29, 1.82) is 0 Å². The minimum Gasteiger partial charge on any atom is -0.399 e. The first-order chi connectivity index (χ1) is 11.2. The summed E-state index contributed by atoms with van der Waals surface area (Å²) in [7, 11) is -0.914. The van der Waals surface area contributed by atoms with Gasteiger partial charge in [-0.15, -0.1) is 0 Å². The Bertz CT molecular complexity index is 605. The van der Waals surface area contributed by atoms with E-state index >= 15 is 0 Å². The van der Waals surface area contributed by atoms with Gasteiger partial charge in [0, 0.05) is 16.8 Å². The Morgan fingerprint density at radius 2 is 1.67 bits per heavy atom. The van der Waals surface area contributed by atoms with Crippen LogP contribution in [0.5, 0.6) is 0 Å². The zero-order chi connectivity index (χ0) is 17.5. The summed E-state index contributed by atoms with van der Waals surface area (Å²) >= 11 is 1.47. The second-order valence-corrected chi connectivity index (χ2v) is 8.68. The average molecular weight is 355 g/mol. The van der Waals surface area contributed by atoms with Crippen molar-refractivity contribution in [2.75, 3.05) is 4.72 Å². The van der Waals surface area contributed by atoms with E-state index in [1.54, 1.807) is 0 Å². The Morgan fingerprint density at radius 1 is 1.08 bits per heavy atom. The zero-order valence-electron chi connectivity index (χ0n) is 14.6. The lowest BCUT2D eigenvalue weighted by Gasteiger charge is -2.32. The van der Waals surface area contributed by atoms with Crippen LogP contribution in [0, 0.1) is 11.6 Å². The lowest BCUT2D eigenvalue weighted by atomic mass is 9.78. The standard InChI is InChI=1S/C17H24BF2NO2S/c1-16(2)17(3,4)23-18(22-16)13-9-11(19)10-14(15(13)20)21-24-12-7-5-6-8-12/h9-10,12,21H,5-8H2,1-4H3. The minimum atomic E-state index is -0.914. The van der Waals surface area contributed by atoms with E-state index in [-0.39, 0.29) is 11.2 Å². The molecule has 0 bridgehead atoms. The summed E-state index contributed by atoms with van der Waals surface area (Å²) in [4.78, 5) is 0. The second kappa shape index (κ2) is 6.50. The monoisotopic (exact) mass is 355 g/mol. The smallest absolute Gasteiger partial charge is 0.399 e. The Hall–Kier alpha value is -0.785. The highest BCUT2D eigenvalue weighted by Crippen LogP contribution is 2.37. The van der Waals surface area contributed by atoms with Crippen LogP contribution in [0.4, 0.5) is 14.5 Å². The highest BCUT2D eigenvalue weighted by molar-refractivity contribution is 8.01. The van der Waals surface area contributed by atoms with Gasteiger partial charge in [-0.2, -0.15) is 0 Å². The van der Waals surface area contributed by atoms with Crippen LogP contribution >= 0.6 is 11.9 Å². The molecule has 3 nitrogen and oxygen atoms in total. The zero-order valence-corrected chi connectivity index (χ0v) is 15.4. The maximum absolute atomic E-state index is 14.9. The molecule has 0 radical (unpaired) electrons. The van der Waals surface area contributed by atoms with Gasteiger partial charge in [0.1, 0.15) is 11.6 Å². The molecule has 0 unspecified atom stereocenters. The predicted molar refractivity (Wildman–Crippen MR) is 95.5 cm³/mol. The molecule has 3 rings (SSSR count). The van der Waals surface area contributed by atoms with Gasteiger partial charge >= 0.3 is 7.12 Å². The molecule has 0 amide bonds. The maximum atomic E-state index is 14.9. The number of benzene rings is 1. The van der Waals surface area contributed by atoms with Gasteiger partial charge in [-0.3, -0.25) is 0 Å². The molecule has 0 atom stereocenters. The number of hydrogen-bond donors (Lipinski definition) is 1. The lowest BCUT2D eigenvalue weighted by Crippen LogP contribution is -2.41. The van der Waals surface area contributed by atoms with E-state index < -0.39 is 30.0 Å². The Balaban J connectivity index is 1.81. The second-order valence-electron chi connectivity index (χ2n) is 7.57. The Morgan fingerprint density at radius 3 is 2.25 bits per heavy atom. The normalized spacial score (nSPS) is 23.0. The molecule has 1 aromatic carbocycles. The van der Waals surface area contributed by atoms with Crippen LogP contribution in [0.2, 0.25) is 0 Å². The predicted octanol–water partition coefficient (Wildman–Crippen LogP) is 4.27. The third-order valence-electron chi connectivity index (χ3n) is 5.21. The van der Waals surface area contributed by atoms with E-state index in [0.29, 0.717) is 5.25 Å². The van der Waals surface area contributed by atoms with Crippen LogP contribution in [-0.4, -0.2) is 23.6 Å². The van der Waals surface area contributed by atoms with Crippen molar-refractivity contribution in [3.8, 4) is 0 Å². The molecule has 24 heavy (non-hydrogen) atoms. The average Bonchev–Trinajstić information content (AvgIpc) is 3.06. The number of hydrogen-bond acceptors (Lipinski definition) is 4. The van der Waals surface area contributed by atoms with E-state index in [9.17, 15) is 8.78 Å². The minimum absolute atomic E-state index is 0.100. The maximum Gasteiger partial charge on any atom is 0.498 e. The van der Waals surface area contributed by atoms with Gasteiger partial charge in [0.25, 0.3) is 0 Å². The molecule has 0 spiro atoms. The quantitative estimate of drug-likeness (QED) is 0.646. The van der Waals surface area contributed by atoms with Crippen molar-refractivity contribution in [1.82, 2.24) is 0 Å². The highest BCUT2D eigenvalue weighted by atomic mass is 32.2. The number of rotatable bonds is 4. The summed E-state index contributed by atoms with van der Waals surface area (Å²) in [5.41, 5.74) is -0.939. The first-order valence-electron chi connectivity index (χ1n) is 8.46.